The lowest BCUT2D eigenvalue weighted by Crippen LogP contribution is -2.60. The molecule has 4 saturated carbocycles. The molecule has 0 radical (unpaired) electrons. The highest BCUT2D eigenvalue weighted by molar-refractivity contribution is 5.15. The van der Waals surface area contributed by atoms with Crippen LogP contribution in [0.4, 0.5) is 26.3 Å². The van der Waals surface area contributed by atoms with Crippen LogP contribution in [-0.4, -0.2) is 31.9 Å². The Hall–Kier alpha value is -0.500. The maximum atomic E-state index is 13.7. The first kappa shape index (κ1) is 20.8. The number of fused-ring (bicyclic) bond motifs is 9. The Morgan fingerprint density at radius 3 is 1.89 bits per heavy atom. The Bertz CT molecular complexity index is 588. The second-order valence-electron chi connectivity index (χ2n) is 9.67. The van der Waals surface area contributed by atoms with Gasteiger partial charge in [-0.3, -0.25) is 0 Å². The molecule has 8 heteroatoms. The fraction of sp³-hybridized carbons (Fsp3) is 1.00. The zero-order valence-corrected chi connectivity index (χ0v) is 16.3. The summed E-state index contributed by atoms with van der Waals surface area (Å²) in [6.07, 6.45) is -9.79. The SMILES string of the molecule is COCOC(CC1CC2CC1C1C3CC(C(C)C3C)C21)(C(F)(F)F)C(F)(F)F. The molecule has 0 heterocycles. The zero-order chi connectivity index (χ0) is 20.6. The van der Waals surface area contributed by atoms with Gasteiger partial charge < -0.3 is 9.47 Å². The van der Waals surface area contributed by atoms with E-state index in [0.29, 0.717) is 41.9 Å². The van der Waals surface area contributed by atoms with E-state index in [1.807, 2.05) is 0 Å². The van der Waals surface area contributed by atoms with Gasteiger partial charge in [0.05, 0.1) is 0 Å². The van der Waals surface area contributed by atoms with Gasteiger partial charge in [-0.1, -0.05) is 13.8 Å². The third kappa shape index (κ3) is 2.69. The summed E-state index contributed by atoms with van der Waals surface area (Å²) in [6.45, 7) is 3.42. The van der Waals surface area contributed by atoms with Crippen molar-refractivity contribution in [1.29, 1.82) is 0 Å². The highest BCUT2D eigenvalue weighted by Gasteiger charge is 2.74. The molecule has 0 spiro atoms. The Labute approximate surface area is 161 Å². The predicted octanol–water partition coefficient (Wildman–Crippen LogP) is 5.67. The summed E-state index contributed by atoms with van der Waals surface area (Å²) >= 11 is 0. The molecule has 4 rings (SSSR count). The normalized spacial score (nSPS) is 45.1. The maximum Gasteiger partial charge on any atom is 0.426 e. The van der Waals surface area contributed by atoms with Crippen LogP contribution in [0.2, 0.25) is 0 Å². The monoisotopic (exact) mass is 414 g/mol. The minimum atomic E-state index is -5.54. The van der Waals surface area contributed by atoms with E-state index in [-0.39, 0.29) is 11.8 Å². The molecule has 0 aliphatic heterocycles. The van der Waals surface area contributed by atoms with Crippen molar-refractivity contribution in [1.82, 2.24) is 0 Å². The molecular weight excluding hydrogens is 386 g/mol. The van der Waals surface area contributed by atoms with Crippen LogP contribution < -0.4 is 0 Å². The molecule has 4 bridgehead atoms. The Morgan fingerprint density at radius 2 is 1.36 bits per heavy atom. The van der Waals surface area contributed by atoms with E-state index < -0.39 is 37.1 Å². The van der Waals surface area contributed by atoms with Gasteiger partial charge in [0, 0.05) is 7.11 Å². The van der Waals surface area contributed by atoms with Crippen LogP contribution in [0.1, 0.15) is 39.5 Å². The second kappa shape index (κ2) is 6.50. The van der Waals surface area contributed by atoms with Gasteiger partial charge in [-0.15, -0.1) is 0 Å². The third-order valence-corrected chi connectivity index (χ3v) is 8.87. The van der Waals surface area contributed by atoms with Crippen molar-refractivity contribution in [2.45, 2.75) is 57.5 Å². The van der Waals surface area contributed by atoms with Crippen LogP contribution in [-0.2, 0) is 9.47 Å². The number of hydrogen-bond donors (Lipinski definition) is 0. The maximum absolute atomic E-state index is 13.7. The van der Waals surface area contributed by atoms with Crippen LogP contribution >= 0.6 is 0 Å². The highest BCUT2D eigenvalue weighted by Crippen LogP contribution is 2.72. The Kier molecular flexibility index (Phi) is 4.82. The number of rotatable bonds is 5. The van der Waals surface area contributed by atoms with Crippen LogP contribution in [0.5, 0.6) is 0 Å². The van der Waals surface area contributed by atoms with E-state index in [9.17, 15) is 26.3 Å². The largest absolute Gasteiger partial charge is 0.426 e. The lowest BCUT2D eigenvalue weighted by molar-refractivity contribution is -0.397. The van der Waals surface area contributed by atoms with E-state index in [0.717, 1.165) is 20.0 Å². The average Bonchev–Trinajstić information content (AvgIpc) is 3.29. The van der Waals surface area contributed by atoms with Gasteiger partial charge in [0.15, 0.2) is 0 Å². The van der Waals surface area contributed by atoms with Crippen molar-refractivity contribution >= 4 is 0 Å². The lowest BCUT2D eigenvalue weighted by Gasteiger charge is -2.46. The summed E-state index contributed by atoms with van der Waals surface area (Å²) in [5, 5.41) is 0. The zero-order valence-electron chi connectivity index (χ0n) is 16.3. The molecule has 4 aliphatic carbocycles. The van der Waals surface area contributed by atoms with E-state index in [2.05, 4.69) is 23.3 Å². The van der Waals surface area contributed by atoms with Crippen molar-refractivity contribution in [2.75, 3.05) is 13.9 Å². The Balaban J connectivity index is 1.60. The molecule has 9 atom stereocenters. The molecule has 0 aromatic heterocycles. The van der Waals surface area contributed by atoms with E-state index in [1.54, 1.807) is 0 Å². The fourth-order valence-electron chi connectivity index (χ4n) is 7.74. The molecule has 9 unspecified atom stereocenters. The summed E-state index contributed by atoms with van der Waals surface area (Å²) < 4.78 is 91.2. The Morgan fingerprint density at radius 1 is 0.786 bits per heavy atom. The molecule has 2 nitrogen and oxygen atoms in total. The molecular formula is C20H28F6O2. The number of hydrogen-bond acceptors (Lipinski definition) is 2. The summed E-state index contributed by atoms with van der Waals surface area (Å²) in [5.41, 5.74) is -4.16. The first-order chi connectivity index (χ1) is 12.9. The topological polar surface area (TPSA) is 18.5 Å². The first-order valence-electron chi connectivity index (χ1n) is 10.2. The summed E-state index contributed by atoms with van der Waals surface area (Å²) in [5.74, 6) is 2.58. The molecule has 0 amide bonds. The smallest absolute Gasteiger partial charge is 0.359 e. The van der Waals surface area contributed by atoms with Crippen LogP contribution in [0.3, 0.4) is 0 Å². The van der Waals surface area contributed by atoms with Gasteiger partial charge in [0.1, 0.15) is 6.79 Å². The van der Waals surface area contributed by atoms with Crippen molar-refractivity contribution in [3.63, 3.8) is 0 Å². The first-order valence-corrected chi connectivity index (χ1v) is 10.2. The van der Waals surface area contributed by atoms with Gasteiger partial charge in [0.2, 0.25) is 0 Å². The van der Waals surface area contributed by atoms with Crippen molar-refractivity contribution in [2.24, 2.45) is 53.3 Å². The minimum Gasteiger partial charge on any atom is -0.359 e. The van der Waals surface area contributed by atoms with Gasteiger partial charge in [-0.2, -0.15) is 26.3 Å². The average molecular weight is 414 g/mol. The van der Waals surface area contributed by atoms with Gasteiger partial charge in [-0.05, 0) is 78.9 Å². The molecule has 0 aromatic rings. The second-order valence-corrected chi connectivity index (χ2v) is 9.67. The number of ether oxygens (including phenoxy) is 2. The van der Waals surface area contributed by atoms with Gasteiger partial charge in [-0.25, -0.2) is 0 Å². The summed E-state index contributed by atoms with van der Waals surface area (Å²) in [4.78, 5) is 0. The fourth-order valence-corrected chi connectivity index (χ4v) is 7.74. The summed E-state index contributed by atoms with van der Waals surface area (Å²) in [6, 6.07) is 0. The van der Waals surface area contributed by atoms with Crippen molar-refractivity contribution in [3.05, 3.63) is 0 Å². The lowest BCUT2D eigenvalue weighted by atomic mass is 9.61. The van der Waals surface area contributed by atoms with Crippen LogP contribution in [0.25, 0.3) is 0 Å². The van der Waals surface area contributed by atoms with Crippen molar-refractivity contribution < 1.29 is 35.8 Å². The molecule has 0 aromatic carbocycles. The van der Waals surface area contributed by atoms with Gasteiger partial charge in [0.25, 0.3) is 5.60 Å². The molecule has 4 aliphatic rings. The quantitative estimate of drug-likeness (QED) is 0.328. The molecule has 28 heavy (non-hydrogen) atoms. The number of alkyl halides is 6. The minimum absolute atomic E-state index is 0.0461. The molecule has 0 saturated heterocycles. The molecule has 162 valence electrons. The van der Waals surface area contributed by atoms with Crippen molar-refractivity contribution in [3.8, 4) is 0 Å². The standard InChI is InChI=1S/C20H28F6O2/c1-9-10(2)14-6-13(9)16-11-4-12(15(5-11)17(14)16)7-18(19(21,22)23,20(24,25)26)28-8-27-3/h9-17H,4-8H2,1-3H3. The number of methoxy groups -OCH3 is 1. The van der Waals surface area contributed by atoms with E-state index in [1.165, 1.54) is 0 Å². The predicted molar refractivity (Wildman–Crippen MR) is 89.0 cm³/mol. The molecule has 0 N–H and O–H groups in total. The van der Waals surface area contributed by atoms with Crippen LogP contribution in [0, 0.1) is 53.3 Å². The third-order valence-electron chi connectivity index (χ3n) is 8.87. The van der Waals surface area contributed by atoms with Gasteiger partial charge >= 0.3 is 12.4 Å². The summed E-state index contributed by atoms with van der Waals surface area (Å²) in [7, 11) is 1.03. The van der Waals surface area contributed by atoms with E-state index >= 15 is 0 Å². The number of halogens is 6. The van der Waals surface area contributed by atoms with E-state index in [4.69, 9.17) is 0 Å². The molecule has 4 fully saturated rings. The highest BCUT2D eigenvalue weighted by atomic mass is 19.4. The van der Waals surface area contributed by atoms with Crippen LogP contribution in [0.15, 0.2) is 0 Å².